The quantitative estimate of drug-likeness (QED) is 0.538. The molecule has 5 heteroatoms. The van der Waals surface area contributed by atoms with Crippen molar-refractivity contribution in [2.45, 2.75) is 6.18 Å². The van der Waals surface area contributed by atoms with Crippen molar-refractivity contribution < 1.29 is 17.6 Å². The van der Waals surface area contributed by atoms with Gasteiger partial charge in [0.15, 0.2) is 0 Å². The summed E-state index contributed by atoms with van der Waals surface area (Å²) in [5.41, 5.74) is -0.720. The van der Waals surface area contributed by atoms with Crippen LogP contribution in [0.1, 0.15) is 11.1 Å². The maximum atomic E-state index is 12.9. The molecule has 1 rings (SSSR count). The third-order valence-corrected chi connectivity index (χ3v) is 2.12. The molecular weight excluding hydrogens is 232 g/mol. The first-order chi connectivity index (χ1) is 6.84. The molecule has 0 aromatic heterocycles. The first-order valence-corrected chi connectivity index (χ1v) is 4.50. The van der Waals surface area contributed by atoms with Gasteiger partial charge in [0.05, 0.1) is 5.56 Å². The van der Waals surface area contributed by atoms with Crippen molar-refractivity contribution in [1.29, 1.82) is 0 Å². The Kier molecular flexibility index (Phi) is 3.39. The highest BCUT2D eigenvalue weighted by atomic mass is 35.5. The molecule has 0 nitrogen and oxygen atoms in total. The van der Waals surface area contributed by atoms with Crippen molar-refractivity contribution >= 4 is 17.2 Å². The lowest BCUT2D eigenvalue weighted by Gasteiger charge is -2.09. The van der Waals surface area contributed by atoms with Gasteiger partial charge >= 0.3 is 6.18 Å². The minimum Gasteiger partial charge on any atom is -0.207 e. The predicted octanol–water partition coefficient (Wildman–Crippen LogP) is 4.10. The van der Waals surface area contributed by atoms with E-state index in [-0.39, 0.29) is 17.0 Å². The zero-order chi connectivity index (χ0) is 11.6. The van der Waals surface area contributed by atoms with Gasteiger partial charge in [-0.1, -0.05) is 6.58 Å². The Morgan fingerprint density at radius 2 is 1.87 bits per heavy atom. The maximum Gasteiger partial charge on any atom is 0.416 e. The summed E-state index contributed by atoms with van der Waals surface area (Å²) in [6.07, 6.45) is -4.57. The number of alkyl halides is 4. The van der Waals surface area contributed by atoms with E-state index in [4.69, 9.17) is 11.6 Å². The van der Waals surface area contributed by atoms with E-state index in [2.05, 4.69) is 6.58 Å². The summed E-state index contributed by atoms with van der Waals surface area (Å²) in [4.78, 5) is 0. The molecule has 0 bridgehead atoms. The van der Waals surface area contributed by atoms with Crippen molar-refractivity contribution in [2.75, 3.05) is 5.88 Å². The number of hydrogen-bond acceptors (Lipinski definition) is 0. The van der Waals surface area contributed by atoms with Gasteiger partial charge in [0.1, 0.15) is 5.82 Å². The molecule has 0 amide bonds. The van der Waals surface area contributed by atoms with E-state index in [0.29, 0.717) is 6.07 Å². The van der Waals surface area contributed by atoms with E-state index >= 15 is 0 Å². The molecule has 0 N–H and O–H groups in total. The average Bonchev–Trinajstić information content (AvgIpc) is 2.14. The highest BCUT2D eigenvalue weighted by Gasteiger charge is 2.31. The van der Waals surface area contributed by atoms with Crippen molar-refractivity contribution in [2.24, 2.45) is 0 Å². The third-order valence-electron chi connectivity index (χ3n) is 1.79. The molecule has 0 aliphatic rings. The Bertz CT molecular complexity index is 381. The number of halogens is 5. The molecule has 1 aromatic carbocycles. The van der Waals surface area contributed by atoms with Crippen LogP contribution in [0.2, 0.25) is 0 Å². The van der Waals surface area contributed by atoms with Crippen LogP contribution >= 0.6 is 11.6 Å². The minimum absolute atomic E-state index is 0.0409. The third kappa shape index (κ3) is 2.96. The highest BCUT2D eigenvalue weighted by Crippen LogP contribution is 2.31. The van der Waals surface area contributed by atoms with Crippen LogP contribution in [0.3, 0.4) is 0 Å². The molecule has 0 radical (unpaired) electrons. The lowest BCUT2D eigenvalue weighted by Crippen LogP contribution is -2.06. The SMILES string of the molecule is C=C(CCl)c1cc(F)cc(C(F)(F)F)c1. The van der Waals surface area contributed by atoms with Gasteiger partial charge in [0, 0.05) is 5.88 Å². The van der Waals surface area contributed by atoms with Gasteiger partial charge in [-0.15, -0.1) is 11.6 Å². The lowest BCUT2D eigenvalue weighted by molar-refractivity contribution is -0.137. The largest absolute Gasteiger partial charge is 0.416 e. The fourth-order valence-electron chi connectivity index (χ4n) is 1.03. The molecule has 1 aromatic rings. The van der Waals surface area contributed by atoms with Crippen molar-refractivity contribution in [3.63, 3.8) is 0 Å². The summed E-state index contributed by atoms with van der Waals surface area (Å²) >= 11 is 5.40. The number of allylic oxidation sites excluding steroid dienone is 1. The van der Waals surface area contributed by atoms with Gasteiger partial charge in [-0.25, -0.2) is 4.39 Å². The molecule has 0 saturated carbocycles. The van der Waals surface area contributed by atoms with E-state index in [1.165, 1.54) is 0 Å². The van der Waals surface area contributed by atoms with Crippen molar-refractivity contribution in [3.8, 4) is 0 Å². The van der Waals surface area contributed by atoms with Crippen molar-refractivity contribution in [3.05, 3.63) is 41.7 Å². The van der Waals surface area contributed by atoms with Gasteiger partial charge in [-0.05, 0) is 29.3 Å². The Morgan fingerprint density at radius 3 is 2.33 bits per heavy atom. The van der Waals surface area contributed by atoms with E-state index in [1.54, 1.807) is 0 Å². The van der Waals surface area contributed by atoms with Crippen LogP contribution in [-0.4, -0.2) is 5.88 Å². The van der Waals surface area contributed by atoms with Gasteiger partial charge in [0.2, 0.25) is 0 Å². The van der Waals surface area contributed by atoms with Crippen LogP contribution in [0.5, 0.6) is 0 Å². The maximum absolute atomic E-state index is 12.9. The second-order valence-corrected chi connectivity index (χ2v) is 3.23. The molecule has 0 atom stereocenters. The average molecular weight is 239 g/mol. The smallest absolute Gasteiger partial charge is 0.207 e. The molecule has 82 valence electrons. The number of benzene rings is 1. The minimum atomic E-state index is -4.57. The number of rotatable bonds is 2. The van der Waals surface area contributed by atoms with E-state index < -0.39 is 17.6 Å². The van der Waals surface area contributed by atoms with Crippen LogP contribution in [0, 0.1) is 5.82 Å². The molecule has 0 unspecified atom stereocenters. The van der Waals surface area contributed by atoms with E-state index in [9.17, 15) is 17.6 Å². The second kappa shape index (κ2) is 4.23. The molecule has 0 saturated heterocycles. The molecule has 0 fully saturated rings. The zero-order valence-corrected chi connectivity index (χ0v) is 8.29. The van der Waals surface area contributed by atoms with Crippen LogP contribution in [0.4, 0.5) is 17.6 Å². The van der Waals surface area contributed by atoms with E-state index in [0.717, 1.165) is 12.1 Å². The first-order valence-electron chi connectivity index (χ1n) is 3.96. The highest BCUT2D eigenvalue weighted by molar-refractivity contribution is 6.23. The number of hydrogen-bond donors (Lipinski definition) is 0. The summed E-state index contributed by atoms with van der Waals surface area (Å²) in [5.74, 6) is -0.994. The Balaban J connectivity index is 3.23. The Hall–Kier alpha value is -1.03. The van der Waals surface area contributed by atoms with Crippen LogP contribution in [-0.2, 0) is 6.18 Å². The van der Waals surface area contributed by atoms with Gasteiger partial charge in [-0.2, -0.15) is 13.2 Å². The predicted molar refractivity (Wildman–Crippen MR) is 51.2 cm³/mol. The fraction of sp³-hybridized carbons (Fsp3) is 0.200. The molecule has 15 heavy (non-hydrogen) atoms. The monoisotopic (exact) mass is 238 g/mol. The second-order valence-electron chi connectivity index (χ2n) is 2.96. The molecular formula is C10H7ClF4. The lowest BCUT2D eigenvalue weighted by atomic mass is 10.1. The molecule has 0 heterocycles. The Morgan fingerprint density at radius 1 is 1.27 bits per heavy atom. The van der Waals surface area contributed by atoms with E-state index in [1.807, 2.05) is 0 Å². The summed E-state index contributed by atoms with van der Waals surface area (Å²) in [5, 5.41) is 0. The molecule has 0 aliphatic carbocycles. The van der Waals surface area contributed by atoms with Crippen LogP contribution in [0.25, 0.3) is 5.57 Å². The van der Waals surface area contributed by atoms with Crippen LogP contribution in [0.15, 0.2) is 24.8 Å². The summed E-state index contributed by atoms with van der Waals surface area (Å²) < 4.78 is 49.7. The van der Waals surface area contributed by atoms with Crippen molar-refractivity contribution in [1.82, 2.24) is 0 Å². The standard InChI is InChI=1S/C10H7ClF4/c1-6(5-11)7-2-8(10(13,14)15)4-9(12)3-7/h2-4H,1,5H2. The Labute approximate surface area is 89.2 Å². The molecule has 0 aliphatic heterocycles. The summed E-state index contributed by atoms with van der Waals surface area (Å²) in [6, 6.07) is 2.23. The van der Waals surface area contributed by atoms with Crippen LogP contribution < -0.4 is 0 Å². The zero-order valence-electron chi connectivity index (χ0n) is 7.54. The van der Waals surface area contributed by atoms with Gasteiger partial charge in [0.25, 0.3) is 0 Å². The fourth-order valence-corrected chi connectivity index (χ4v) is 1.19. The van der Waals surface area contributed by atoms with Gasteiger partial charge in [-0.3, -0.25) is 0 Å². The topological polar surface area (TPSA) is 0 Å². The first kappa shape index (κ1) is 12.0. The summed E-state index contributed by atoms with van der Waals surface area (Å²) in [6.45, 7) is 3.44. The normalized spacial score (nSPS) is 11.5. The summed E-state index contributed by atoms with van der Waals surface area (Å²) in [7, 11) is 0. The van der Waals surface area contributed by atoms with Gasteiger partial charge < -0.3 is 0 Å². The molecule has 0 spiro atoms.